The molecule has 1 aliphatic carbocycles. The van der Waals surface area contributed by atoms with Crippen LogP contribution in [0.4, 0.5) is 0 Å². The molecule has 1 amide bonds. The van der Waals surface area contributed by atoms with Crippen LogP contribution in [0.2, 0.25) is 0 Å². The molecule has 1 aromatic carbocycles. The van der Waals surface area contributed by atoms with Crippen molar-refractivity contribution in [1.82, 2.24) is 5.32 Å². The average Bonchev–Trinajstić information content (AvgIpc) is 3.12. The van der Waals surface area contributed by atoms with Gasteiger partial charge in [-0.2, -0.15) is 0 Å². The van der Waals surface area contributed by atoms with Crippen molar-refractivity contribution >= 4 is 5.91 Å². The number of carbonyl (C=O) groups excluding carboxylic acids is 1. The van der Waals surface area contributed by atoms with Gasteiger partial charge < -0.3 is 10.1 Å². The van der Waals surface area contributed by atoms with Gasteiger partial charge in [0.05, 0.1) is 0 Å². The molecule has 2 rings (SSSR count). The molecule has 0 radical (unpaired) electrons. The molecule has 1 fully saturated rings. The molecule has 1 saturated carbocycles. The Labute approximate surface area is 115 Å². The fourth-order valence-corrected chi connectivity index (χ4v) is 2.17. The zero-order valence-corrected chi connectivity index (χ0v) is 12.2. The third kappa shape index (κ3) is 3.72. The van der Waals surface area contributed by atoms with Crippen LogP contribution < -0.4 is 10.1 Å². The highest BCUT2D eigenvalue weighted by Crippen LogP contribution is 2.24. The van der Waals surface area contributed by atoms with Gasteiger partial charge in [0.2, 0.25) is 0 Å². The number of hydrogen-bond donors (Lipinski definition) is 1. The van der Waals surface area contributed by atoms with Gasteiger partial charge in [0, 0.05) is 6.04 Å². The Balaban J connectivity index is 1.98. The minimum atomic E-state index is -0.440. The summed E-state index contributed by atoms with van der Waals surface area (Å²) in [6.45, 7) is 8.23. The number of rotatable bonds is 5. The topological polar surface area (TPSA) is 38.3 Å². The van der Waals surface area contributed by atoms with Crippen molar-refractivity contribution in [3.8, 4) is 5.75 Å². The third-order valence-electron chi connectivity index (χ3n) is 3.47. The maximum absolute atomic E-state index is 11.8. The lowest BCUT2D eigenvalue weighted by Gasteiger charge is -2.16. The zero-order chi connectivity index (χ0) is 14.0. The summed E-state index contributed by atoms with van der Waals surface area (Å²) in [5.41, 5.74) is 2.53. The second kappa shape index (κ2) is 5.64. The maximum Gasteiger partial charge on any atom is 0.260 e. The number of hydrogen-bond acceptors (Lipinski definition) is 2. The molecular formula is C16H23NO2. The van der Waals surface area contributed by atoms with E-state index in [2.05, 4.69) is 32.2 Å². The standard InChI is InChI=1S/C16H23NO2/c1-10(2)15-8-7-14(9-11(15)3)19-12(4)16(18)17-13-5-6-13/h7-10,12-13H,5-6H2,1-4H3,(H,17,18). The zero-order valence-electron chi connectivity index (χ0n) is 12.2. The van der Waals surface area contributed by atoms with Gasteiger partial charge in [-0.3, -0.25) is 4.79 Å². The quantitative estimate of drug-likeness (QED) is 0.884. The van der Waals surface area contributed by atoms with Crippen LogP contribution in [0.15, 0.2) is 18.2 Å². The summed E-state index contributed by atoms with van der Waals surface area (Å²) >= 11 is 0. The molecule has 19 heavy (non-hydrogen) atoms. The van der Waals surface area contributed by atoms with E-state index >= 15 is 0 Å². The molecule has 1 unspecified atom stereocenters. The van der Waals surface area contributed by atoms with Crippen LogP contribution in [0.25, 0.3) is 0 Å². The number of aryl methyl sites for hydroxylation is 1. The SMILES string of the molecule is Cc1cc(OC(C)C(=O)NC2CC2)ccc1C(C)C. The molecule has 0 aliphatic heterocycles. The number of benzene rings is 1. The van der Waals surface area contributed by atoms with Crippen molar-refractivity contribution in [2.75, 3.05) is 0 Å². The molecule has 0 spiro atoms. The minimum Gasteiger partial charge on any atom is -0.481 e. The van der Waals surface area contributed by atoms with Gasteiger partial charge >= 0.3 is 0 Å². The lowest BCUT2D eigenvalue weighted by Crippen LogP contribution is -2.37. The molecule has 3 heteroatoms. The maximum atomic E-state index is 11.8. The number of amides is 1. The van der Waals surface area contributed by atoms with E-state index in [0.717, 1.165) is 18.6 Å². The summed E-state index contributed by atoms with van der Waals surface area (Å²) in [5, 5.41) is 2.95. The minimum absolute atomic E-state index is 0.0203. The van der Waals surface area contributed by atoms with Crippen molar-refractivity contribution in [2.45, 2.75) is 58.6 Å². The largest absolute Gasteiger partial charge is 0.481 e. The van der Waals surface area contributed by atoms with E-state index in [-0.39, 0.29) is 5.91 Å². The second-order valence-corrected chi connectivity index (χ2v) is 5.72. The Morgan fingerprint density at radius 1 is 1.32 bits per heavy atom. The Hall–Kier alpha value is -1.51. The normalized spacial score (nSPS) is 16.3. The van der Waals surface area contributed by atoms with E-state index in [9.17, 15) is 4.79 Å². The first kappa shape index (κ1) is 13.9. The van der Waals surface area contributed by atoms with Crippen LogP contribution in [0, 0.1) is 6.92 Å². The van der Waals surface area contributed by atoms with Gasteiger partial charge in [0.15, 0.2) is 6.10 Å². The van der Waals surface area contributed by atoms with Gasteiger partial charge in [0.1, 0.15) is 5.75 Å². The number of nitrogens with one attached hydrogen (secondary N) is 1. The van der Waals surface area contributed by atoms with E-state index in [1.165, 1.54) is 11.1 Å². The highest BCUT2D eigenvalue weighted by molar-refractivity contribution is 5.81. The predicted molar refractivity (Wildman–Crippen MR) is 76.5 cm³/mol. The first-order valence-electron chi connectivity index (χ1n) is 7.05. The molecule has 1 atom stereocenters. The molecule has 3 nitrogen and oxygen atoms in total. The lowest BCUT2D eigenvalue weighted by molar-refractivity contribution is -0.127. The first-order chi connectivity index (χ1) is 8.97. The van der Waals surface area contributed by atoms with Crippen molar-refractivity contribution < 1.29 is 9.53 Å². The molecule has 1 aromatic rings. The van der Waals surface area contributed by atoms with Crippen LogP contribution in [-0.4, -0.2) is 18.1 Å². The smallest absolute Gasteiger partial charge is 0.260 e. The third-order valence-corrected chi connectivity index (χ3v) is 3.47. The van der Waals surface area contributed by atoms with Crippen LogP contribution in [-0.2, 0) is 4.79 Å². The fourth-order valence-electron chi connectivity index (χ4n) is 2.17. The van der Waals surface area contributed by atoms with Crippen LogP contribution in [0.1, 0.15) is 50.7 Å². The lowest BCUT2D eigenvalue weighted by atomic mass is 9.98. The van der Waals surface area contributed by atoms with Gasteiger partial charge in [-0.15, -0.1) is 0 Å². The van der Waals surface area contributed by atoms with E-state index in [0.29, 0.717) is 12.0 Å². The summed E-state index contributed by atoms with van der Waals surface area (Å²) in [6, 6.07) is 6.42. The average molecular weight is 261 g/mol. The molecule has 0 bridgehead atoms. The van der Waals surface area contributed by atoms with Gasteiger partial charge in [-0.1, -0.05) is 19.9 Å². The highest BCUT2D eigenvalue weighted by atomic mass is 16.5. The van der Waals surface area contributed by atoms with Gasteiger partial charge in [-0.05, 0) is 55.9 Å². The molecule has 1 N–H and O–H groups in total. The molecule has 0 saturated heterocycles. The summed E-state index contributed by atoms with van der Waals surface area (Å²) in [7, 11) is 0. The number of ether oxygens (including phenoxy) is 1. The van der Waals surface area contributed by atoms with Crippen molar-refractivity contribution in [3.05, 3.63) is 29.3 Å². The van der Waals surface area contributed by atoms with E-state index in [1.807, 2.05) is 12.1 Å². The van der Waals surface area contributed by atoms with Crippen molar-refractivity contribution in [1.29, 1.82) is 0 Å². The van der Waals surface area contributed by atoms with Crippen molar-refractivity contribution in [2.24, 2.45) is 0 Å². The Kier molecular flexibility index (Phi) is 4.13. The van der Waals surface area contributed by atoms with E-state index in [4.69, 9.17) is 4.74 Å². The fraction of sp³-hybridized carbons (Fsp3) is 0.562. The summed E-state index contributed by atoms with van der Waals surface area (Å²) in [5.74, 6) is 1.25. The predicted octanol–water partition coefficient (Wildman–Crippen LogP) is 3.16. The van der Waals surface area contributed by atoms with E-state index in [1.54, 1.807) is 6.92 Å². The number of carbonyl (C=O) groups is 1. The summed E-state index contributed by atoms with van der Waals surface area (Å²) < 4.78 is 5.71. The van der Waals surface area contributed by atoms with E-state index < -0.39 is 6.10 Å². The monoisotopic (exact) mass is 261 g/mol. The molecule has 0 aromatic heterocycles. The molecule has 0 heterocycles. The van der Waals surface area contributed by atoms with Crippen molar-refractivity contribution in [3.63, 3.8) is 0 Å². The van der Waals surface area contributed by atoms with Crippen LogP contribution in [0.3, 0.4) is 0 Å². The van der Waals surface area contributed by atoms with Crippen LogP contribution >= 0.6 is 0 Å². The Bertz CT molecular complexity index is 464. The van der Waals surface area contributed by atoms with Gasteiger partial charge in [-0.25, -0.2) is 0 Å². The Morgan fingerprint density at radius 2 is 2.00 bits per heavy atom. The Morgan fingerprint density at radius 3 is 2.53 bits per heavy atom. The summed E-state index contributed by atoms with van der Waals surface area (Å²) in [4.78, 5) is 11.8. The van der Waals surface area contributed by atoms with Gasteiger partial charge in [0.25, 0.3) is 5.91 Å². The highest BCUT2D eigenvalue weighted by Gasteiger charge is 2.26. The summed E-state index contributed by atoms with van der Waals surface area (Å²) in [6.07, 6.45) is 1.76. The molecule has 104 valence electrons. The molecular weight excluding hydrogens is 238 g/mol. The van der Waals surface area contributed by atoms with Crippen LogP contribution in [0.5, 0.6) is 5.75 Å². The second-order valence-electron chi connectivity index (χ2n) is 5.72. The molecule has 1 aliphatic rings. The first-order valence-corrected chi connectivity index (χ1v) is 7.05.